The summed E-state index contributed by atoms with van der Waals surface area (Å²) in [6.07, 6.45) is 0. The highest BCUT2D eigenvalue weighted by molar-refractivity contribution is 5.76. The minimum atomic E-state index is -0.295. The predicted molar refractivity (Wildman–Crippen MR) is 78.5 cm³/mol. The number of ether oxygens (including phenoxy) is 1. The number of esters is 1. The van der Waals surface area contributed by atoms with Gasteiger partial charge < -0.3 is 15.0 Å². The van der Waals surface area contributed by atoms with Crippen LogP contribution in [0.3, 0.4) is 0 Å². The number of likely N-dealkylation sites (N-methyl/N-ethyl adjacent to an activating group) is 2. The van der Waals surface area contributed by atoms with E-state index in [9.17, 15) is 4.79 Å². The van der Waals surface area contributed by atoms with Gasteiger partial charge in [0.2, 0.25) is 0 Å². The van der Waals surface area contributed by atoms with Crippen LogP contribution in [0.25, 0.3) is 0 Å². The molecule has 0 saturated carbocycles. The number of hydrogen-bond donors (Lipinski definition) is 1. The van der Waals surface area contributed by atoms with E-state index >= 15 is 0 Å². The third kappa shape index (κ3) is 4.91. The molecule has 0 radical (unpaired) electrons. The van der Waals surface area contributed by atoms with Crippen LogP contribution in [0.4, 0.5) is 5.69 Å². The fourth-order valence-electron chi connectivity index (χ4n) is 1.89. The molecular weight excluding hydrogens is 240 g/mol. The first-order chi connectivity index (χ1) is 9.08. The fourth-order valence-corrected chi connectivity index (χ4v) is 1.89. The van der Waals surface area contributed by atoms with Crippen LogP contribution in [0.15, 0.2) is 24.3 Å². The van der Waals surface area contributed by atoms with Crippen LogP contribution in [0, 0.1) is 6.92 Å². The van der Waals surface area contributed by atoms with Crippen LogP contribution in [0.5, 0.6) is 0 Å². The molecule has 1 aromatic carbocycles. The molecule has 0 heterocycles. The molecule has 19 heavy (non-hydrogen) atoms. The third-order valence-corrected chi connectivity index (χ3v) is 2.95. The standard InChI is InChI=1S/C15H24N2O2/c1-5-16-14(15(18)19-6-2)11-17(4)13-9-7-12(3)8-10-13/h7-10,14,16H,5-6,11H2,1-4H3. The molecule has 0 saturated heterocycles. The first kappa shape index (κ1) is 15.5. The van der Waals surface area contributed by atoms with E-state index in [0.29, 0.717) is 13.2 Å². The van der Waals surface area contributed by atoms with Crippen molar-refractivity contribution in [1.29, 1.82) is 0 Å². The number of hydrogen-bond acceptors (Lipinski definition) is 4. The average molecular weight is 264 g/mol. The lowest BCUT2D eigenvalue weighted by atomic mass is 10.2. The maximum Gasteiger partial charge on any atom is 0.324 e. The van der Waals surface area contributed by atoms with Crippen LogP contribution < -0.4 is 10.2 Å². The van der Waals surface area contributed by atoms with Crippen LogP contribution in [0.1, 0.15) is 19.4 Å². The number of rotatable bonds is 7. The Morgan fingerprint density at radius 2 is 1.95 bits per heavy atom. The molecule has 4 nitrogen and oxygen atoms in total. The summed E-state index contributed by atoms with van der Waals surface area (Å²) in [6, 6.07) is 7.96. The Balaban J connectivity index is 2.67. The van der Waals surface area contributed by atoms with Crippen molar-refractivity contribution in [2.75, 3.05) is 31.6 Å². The van der Waals surface area contributed by atoms with Crippen molar-refractivity contribution < 1.29 is 9.53 Å². The molecule has 4 heteroatoms. The van der Waals surface area contributed by atoms with E-state index in [1.807, 2.05) is 20.9 Å². The molecule has 0 aliphatic carbocycles. The smallest absolute Gasteiger partial charge is 0.324 e. The minimum absolute atomic E-state index is 0.191. The zero-order valence-corrected chi connectivity index (χ0v) is 12.3. The van der Waals surface area contributed by atoms with Gasteiger partial charge in [0.25, 0.3) is 0 Å². The second kappa shape index (κ2) is 7.79. The van der Waals surface area contributed by atoms with Crippen LogP contribution in [-0.2, 0) is 9.53 Å². The highest BCUT2D eigenvalue weighted by atomic mass is 16.5. The maximum atomic E-state index is 11.8. The number of nitrogens with one attached hydrogen (secondary N) is 1. The molecule has 1 N–H and O–H groups in total. The van der Waals surface area contributed by atoms with E-state index < -0.39 is 0 Å². The van der Waals surface area contributed by atoms with Crippen LogP contribution in [0.2, 0.25) is 0 Å². The summed E-state index contributed by atoms with van der Waals surface area (Å²) < 4.78 is 5.08. The number of aryl methyl sites for hydroxylation is 1. The van der Waals surface area contributed by atoms with E-state index in [4.69, 9.17) is 4.74 Å². The lowest BCUT2D eigenvalue weighted by molar-refractivity contribution is -0.145. The summed E-state index contributed by atoms with van der Waals surface area (Å²) in [6.45, 7) is 7.61. The molecule has 1 aromatic rings. The minimum Gasteiger partial charge on any atom is -0.465 e. The number of carbonyl (C=O) groups is 1. The van der Waals surface area contributed by atoms with Crippen molar-refractivity contribution >= 4 is 11.7 Å². The molecule has 0 amide bonds. The highest BCUT2D eigenvalue weighted by Crippen LogP contribution is 2.13. The average Bonchev–Trinajstić information content (AvgIpc) is 2.39. The fraction of sp³-hybridized carbons (Fsp3) is 0.533. The maximum absolute atomic E-state index is 11.8. The lowest BCUT2D eigenvalue weighted by Gasteiger charge is -2.25. The molecule has 1 unspecified atom stereocenters. The normalized spacial score (nSPS) is 12.0. The second-order valence-electron chi connectivity index (χ2n) is 4.58. The Kier molecular flexibility index (Phi) is 6.36. The zero-order valence-electron chi connectivity index (χ0n) is 12.3. The van der Waals surface area contributed by atoms with E-state index in [1.54, 1.807) is 0 Å². The summed E-state index contributed by atoms with van der Waals surface area (Å²) >= 11 is 0. The number of anilines is 1. The van der Waals surface area contributed by atoms with Gasteiger partial charge in [-0.2, -0.15) is 0 Å². The molecule has 0 fully saturated rings. The Labute approximate surface area is 115 Å². The monoisotopic (exact) mass is 264 g/mol. The Morgan fingerprint density at radius 1 is 1.32 bits per heavy atom. The van der Waals surface area contributed by atoms with Crippen molar-refractivity contribution in [3.8, 4) is 0 Å². The Bertz CT molecular complexity index is 390. The predicted octanol–water partition coefficient (Wildman–Crippen LogP) is 1.97. The molecule has 0 aliphatic rings. The van der Waals surface area contributed by atoms with Crippen molar-refractivity contribution in [1.82, 2.24) is 5.32 Å². The van der Waals surface area contributed by atoms with Gasteiger partial charge in [-0.15, -0.1) is 0 Å². The number of carbonyl (C=O) groups excluding carboxylic acids is 1. The summed E-state index contributed by atoms with van der Waals surface area (Å²) in [4.78, 5) is 13.9. The van der Waals surface area contributed by atoms with Gasteiger partial charge in [0.15, 0.2) is 0 Å². The quantitative estimate of drug-likeness (QED) is 0.765. The summed E-state index contributed by atoms with van der Waals surface area (Å²) in [5, 5.41) is 3.16. The van der Waals surface area contributed by atoms with Gasteiger partial charge in [0, 0.05) is 19.3 Å². The SMILES string of the molecule is CCNC(CN(C)c1ccc(C)cc1)C(=O)OCC. The van der Waals surface area contributed by atoms with Gasteiger partial charge in [-0.25, -0.2) is 0 Å². The van der Waals surface area contributed by atoms with Gasteiger partial charge >= 0.3 is 5.97 Å². The van der Waals surface area contributed by atoms with E-state index in [1.165, 1.54) is 5.56 Å². The lowest BCUT2D eigenvalue weighted by Crippen LogP contribution is -2.46. The molecule has 0 aliphatic heterocycles. The zero-order chi connectivity index (χ0) is 14.3. The van der Waals surface area contributed by atoms with Crippen molar-refractivity contribution in [2.24, 2.45) is 0 Å². The number of nitrogens with zero attached hydrogens (tertiary/aromatic N) is 1. The number of benzene rings is 1. The molecule has 0 bridgehead atoms. The van der Waals surface area contributed by atoms with Crippen LogP contribution in [-0.4, -0.2) is 38.8 Å². The summed E-state index contributed by atoms with van der Waals surface area (Å²) in [5.41, 5.74) is 2.32. The Morgan fingerprint density at radius 3 is 2.47 bits per heavy atom. The Hall–Kier alpha value is -1.55. The van der Waals surface area contributed by atoms with Crippen molar-refractivity contribution in [3.05, 3.63) is 29.8 Å². The van der Waals surface area contributed by atoms with Crippen molar-refractivity contribution in [2.45, 2.75) is 26.8 Å². The molecule has 1 atom stereocenters. The van der Waals surface area contributed by atoms with Crippen LogP contribution >= 0.6 is 0 Å². The van der Waals surface area contributed by atoms with Gasteiger partial charge in [0.1, 0.15) is 6.04 Å². The van der Waals surface area contributed by atoms with Gasteiger partial charge in [-0.05, 0) is 32.5 Å². The largest absolute Gasteiger partial charge is 0.465 e. The van der Waals surface area contributed by atoms with Gasteiger partial charge in [0.05, 0.1) is 6.61 Å². The van der Waals surface area contributed by atoms with E-state index in [2.05, 4.69) is 41.4 Å². The summed E-state index contributed by atoms with van der Waals surface area (Å²) in [7, 11) is 1.98. The van der Waals surface area contributed by atoms with Gasteiger partial charge in [-0.1, -0.05) is 24.6 Å². The topological polar surface area (TPSA) is 41.6 Å². The van der Waals surface area contributed by atoms with Gasteiger partial charge in [-0.3, -0.25) is 4.79 Å². The molecular formula is C15H24N2O2. The first-order valence-corrected chi connectivity index (χ1v) is 6.76. The molecule has 1 rings (SSSR count). The summed E-state index contributed by atoms with van der Waals surface area (Å²) in [5.74, 6) is -0.191. The molecule has 0 spiro atoms. The van der Waals surface area contributed by atoms with Crippen molar-refractivity contribution in [3.63, 3.8) is 0 Å². The molecule has 106 valence electrons. The first-order valence-electron chi connectivity index (χ1n) is 6.76. The second-order valence-corrected chi connectivity index (χ2v) is 4.58. The van der Waals surface area contributed by atoms with E-state index in [-0.39, 0.29) is 12.0 Å². The highest BCUT2D eigenvalue weighted by Gasteiger charge is 2.20. The molecule has 0 aromatic heterocycles. The third-order valence-electron chi connectivity index (χ3n) is 2.95. The van der Waals surface area contributed by atoms with E-state index in [0.717, 1.165) is 12.2 Å².